The van der Waals surface area contributed by atoms with E-state index in [2.05, 4.69) is 18.4 Å². The van der Waals surface area contributed by atoms with Crippen LogP contribution in [0.25, 0.3) is 6.08 Å². The zero-order chi connectivity index (χ0) is 20.8. The summed E-state index contributed by atoms with van der Waals surface area (Å²) >= 11 is 0. The summed E-state index contributed by atoms with van der Waals surface area (Å²) in [6, 6.07) is 10.3. The monoisotopic (exact) mass is 379 g/mol. The number of hydrogen-bond donors (Lipinski definition) is 1. The van der Waals surface area contributed by atoms with Gasteiger partial charge in [0.2, 0.25) is 5.91 Å². The summed E-state index contributed by atoms with van der Waals surface area (Å²) in [4.78, 5) is 23.4. The molecule has 0 unspecified atom stereocenters. The van der Waals surface area contributed by atoms with Crippen LogP contribution in [0.3, 0.4) is 0 Å². The van der Waals surface area contributed by atoms with E-state index in [9.17, 15) is 14.9 Å². The third kappa shape index (κ3) is 5.10. The number of nitrogens with two attached hydrogens (primary N) is 1. The Morgan fingerprint density at radius 2 is 1.89 bits per heavy atom. The van der Waals surface area contributed by atoms with Gasteiger partial charge < -0.3 is 15.0 Å². The Balaban J connectivity index is 2.13. The van der Waals surface area contributed by atoms with Crippen molar-refractivity contribution in [3.8, 4) is 6.07 Å². The summed E-state index contributed by atoms with van der Waals surface area (Å²) < 4.78 is 7.42. The second-order valence-corrected chi connectivity index (χ2v) is 7.14. The Labute approximate surface area is 165 Å². The Kier molecular flexibility index (Phi) is 6.78. The molecule has 6 nitrogen and oxygen atoms in total. The molecular weight excluding hydrogens is 354 g/mol. The number of esters is 1. The summed E-state index contributed by atoms with van der Waals surface area (Å²) in [5.74, 6) is -0.716. The number of rotatable bonds is 7. The van der Waals surface area contributed by atoms with Crippen LogP contribution in [0.15, 0.2) is 35.9 Å². The predicted molar refractivity (Wildman–Crippen MR) is 107 cm³/mol. The summed E-state index contributed by atoms with van der Waals surface area (Å²) in [5, 5.41) is 9.39. The minimum Gasteiger partial charge on any atom is -0.457 e. The number of primary amides is 1. The molecule has 1 heterocycles. The fraction of sp³-hybridized carbons (Fsp3) is 0.318. The molecular formula is C22H25N3O3. The van der Waals surface area contributed by atoms with Gasteiger partial charge in [-0.1, -0.05) is 26.0 Å². The molecule has 1 aromatic heterocycles. The molecule has 0 aliphatic heterocycles. The van der Waals surface area contributed by atoms with E-state index < -0.39 is 11.9 Å². The minimum absolute atomic E-state index is 0.00324. The molecule has 1 amide bonds. The first-order chi connectivity index (χ1) is 13.2. The molecule has 146 valence electrons. The molecule has 0 spiro atoms. The molecule has 0 saturated heterocycles. The van der Waals surface area contributed by atoms with Gasteiger partial charge in [0.05, 0.1) is 0 Å². The lowest BCUT2D eigenvalue weighted by molar-refractivity contribution is -0.139. The molecule has 0 aliphatic carbocycles. The largest absolute Gasteiger partial charge is 0.457 e. The number of carbonyl (C=O) groups is 2. The number of nitriles is 1. The van der Waals surface area contributed by atoms with Crippen molar-refractivity contribution in [3.63, 3.8) is 0 Å². The summed E-state index contributed by atoms with van der Waals surface area (Å²) in [6.45, 7) is 9.14. The highest BCUT2D eigenvalue weighted by molar-refractivity contribution is 5.98. The Morgan fingerprint density at radius 3 is 2.43 bits per heavy atom. The van der Waals surface area contributed by atoms with Gasteiger partial charge in [0.15, 0.2) is 0 Å². The fourth-order valence-corrected chi connectivity index (χ4v) is 2.90. The molecule has 0 fully saturated rings. The fourth-order valence-electron chi connectivity index (χ4n) is 2.90. The van der Waals surface area contributed by atoms with Gasteiger partial charge in [0.25, 0.3) is 0 Å². The number of hydrogen-bond acceptors (Lipinski definition) is 4. The minimum atomic E-state index is -0.685. The van der Waals surface area contributed by atoms with Gasteiger partial charge >= 0.3 is 5.97 Å². The SMILES string of the molecule is Cc1cc(/C=C(\C#N)C(=O)OCc2ccc(C(N)=O)cc2)c(C)n1CC(C)C. The van der Waals surface area contributed by atoms with Gasteiger partial charge in [-0.2, -0.15) is 5.26 Å². The number of carbonyl (C=O) groups excluding carboxylic acids is 2. The van der Waals surface area contributed by atoms with E-state index in [4.69, 9.17) is 10.5 Å². The van der Waals surface area contributed by atoms with Crippen LogP contribution in [-0.2, 0) is 22.7 Å². The topological polar surface area (TPSA) is 98.1 Å². The zero-order valence-corrected chi connectivity index (χ0v) is 16.7. The number of aryl methyl sites for hydroxylation is 1. The lowest BCUT2D eigenvalue weighted by Gasteiger charge is -2.12. The van der Waals surface area contributed by atoms with Crippen LogP contribution in [-0.4, -0.2) is 16.4 Å². The van der Waals surface area contributed by atoms with Crippen LogP contribution in [0.4, 0.5) is 0 Å². The molecule has 2 rings (SSSR count). The van der Waals surface area contributed by atoms with E-state index in [1.54, 1.807) is 30.3 Å². The van der Waals surface area contributed by atoms with E-state index in [-0.39, 0.29) is 12.2 Å². The van der Waals surface area contributed by atoms with Gasteiger partial charge in [0, 0.05) is 23.5 Å². The van der Waals surface area contributed by atoms with Crippen molar-refractivity contribution in [2.75, 3.05) is 0 Å². The van der Waals surface area contributed by atoms with Gasteiger partial charge in [-0.05, 0) is 55.2 Å². The van der Waals surface area contributed by atoms with E-state index in [0.717, 1.165) is 23.5 Å². The second-order valence-electron chi connectivity index (χ2n) is 7.14. The average molecular weight is 379 g/mol. The highest BCUT2D eigenvalue weighted by Gasteiger charge is 2.15. The maximum Gasteiger partial charge on any atom is 0.349 e. The van der Waals surface area contributed by atoms with E-state index in [1.165, 1.54) is 0 Å². The van der Waals surface area contributed by atoms with Crippen molar-refractivity contribution < 1.29 is 14.3 Å². The molecule has 0 atom stereocenters. The van der Waals surface area contributed by atoms with E-state index in [1.807, 2.05) is 26.0 Å². The molecule has 2 aromatic rings. The van der Waals surface area contributed by atoms with Gasteiger partial charge in [-0.25, -0.2) is 4.79 Å². The Morgan fingerprint density at radius 1 is 1.25 bits per heavy atom. The molecule has 6 heteroatoms. The first-order valence-corrected chi connectivity index (χ1v) is 9.07. The van der Waals surface area contributed by atoms with Crippen molar-refractivity contribution >= 4 is 18.0 Å². The number of ether oxygens (including phenoxy) is 1. The summed E-state index contributed by atoms with van der Waals surface area (Å²) in [7, 11) is 0. The van der Waals surface area contributed by atoms with Crippen molar-refractivity contribution in [2.45, 2.75) is 40.8 Å². The molecule has 2 N–H and O–H groups in total. The molecule has 28 heavy (non-hydrogen) atoms. The van der Waals surface area contributed by atoms with Crippen LogP contribution in [0, 0.1) is 31.1 Å². The molecule has 0 bridgehead atoms. The maximum atomic E-state index is 12.3. The highest BCUT2D eigenvalue weighted by Crippen LogP contribution is 2.20. The molecule has 0 radical (unpaired) electrons. The van der Waals surface area contributed by atoms with Gasteiger partial charge in [0.1, 0.15) is 18.2 Å². The molecule has 1 aromatic carbocycles. The van der Waals surface area contributed by atoms with Crippen LogP contribution in [0.5, 0.6) is 0 Å². The number of amides is 1. The van der Waals surface area contributed by atoms with E-state index >= 15 is 0 Å². The quantitative estimate of drug-likeness (QED) is 0.452. The predicted octanol–water partition coefficient (Wildman–Crippen LogP) is 3.51. The molecule has 0 saturated carbocycles. The maximum absolute atomic E-state index is 12.3. The highest BCUT2D eigenvalue weighted by atomic mass is 16.5. The Bertz CT molecular complexity index is 945. The number of nitrogens with zero attached hydrogens (tertiary/aromatic N) is 2. The third-order valence-corrected chi connectivity index (χ3v) is 4.41. The first kappa shape index (κ1) is 21.0. The standard InChI is InChI=1S/C22H25N3O3/c1-14(2)12-25-15(3)9-19(16(25)4)10-20(11-23)22(27)28-13-17-5-7-18(8-6-17)21(24)26/h5-10,14H,12-13H2,1-4H3,(H2,24,26)/b20-10+. The summed E-state index contributed by atoms with van der Waals surface area (Å²) in [5.41, 5.74) is 9.14. The van der Waals surface area contributed by atoms with Crippen LogP contribution in [0.2, 0.25) is 0 Å². The van der Waals surface area contributed by atoms with Gasteiger partial charge in [-0.3, -0.25) is 4.79 Å². The van der Waals surface area contributed by atoms with Crippen molar-refractivity contribution in [3.05, 3.63) is 64.0 Å². The molecule has 0 aliphatic rings. The number of benzene rings is 1. The lowest BCUT2D eigenvalue weighted by atomic mass is 10.1. The smallest absolute Gasteiger partial charge is 0.349 e. The van der Waals surface area contributed by atoms with Crippen LogP contribution in [0.1, 0.15) is 46.7 Å². The lowest BCUT2D eigenvalue weighted by Crippen LogP contribution is -2.11. The Hall–Kier alpha value is -3.33. The van der Waals surface area contributed by atoms with Crippen LogP contribution < -0.4 is 5.73 Å². The van der Waals surface area contributed by atoms with Crippen molar-refractivity contribution in [1.29, 1.82) is 5.26 Å². The normalized spacial score (nSPS) is 11.4. The van der Waals surface area contributed by atoms with Crippen molar-refractivity contribution in [2.24, 2.45) is 11.7 Å². The summed E-state index contributed by atoms with van der Waals surface area (Å²) in [6.07, 6.45) is 1.57. The number of aromatic nitrogens is 1. The zero-order valence-electron chi connectivity index (χ0n) is 16.7. The first-order valence-electron chi connectivity index (χ1n) is 9.07. The average Bonchev–Trinajstić information content (AvgIpc) is 2.91. The van der Waals surface area contributed by atoms with Gasteiger partial charge in [-0.15, -0.1) is 0 Å². The second kappa shape index (κ2) is 9.05. The van der Waals surface area contributed by atoms with Crippen molar-refractivity contribution in [1.82, 2.24) is 4.57 Å². The van der Waals surface area contributed by atoms with E-state index in [0.29, 0.717) is 17.0 Å². The third-order valence-electron chi connectivity index (χ3n) is 4.41. The van der Waals surface area contributed by atoms with Crippen LogP contribution >= 0.6 is 0 Å².